The fourth-order valence-electron chi connectivity index (χ4n) is 1.57. The first kappa shape index (κ1) is 10.6. The molecule has 1 aromatic heterocycles. The number of ketones is 1. The molecule has 3 heteroatoms. The number of hydrogen-bond donors (Lipinski definition) is 0. The summed E-state index contributed by atoms with van der Waals surface area (Å²) >= 11 is 0. The lowest BCUT2D eigenvalue weighted by atomic mass is 10.1. The molecule has 1 heterocycles. The molecule has 2 rings (SSSR count). The molecule has 1 aromatic carbocycles. The van der Waals surface area contributed by atoms with E-state index in [1.807, 2.05) is 31.2 Å². The molecule has 0 aliphatic rings. The summed E-state index contributed by atoms with van der Waals surface area (Å²) in [7, 11) is 0. The summed E-state index contributed by atoms with van der Waals surface area (Å²) in [6.45, 7) is 3.54. The molecule has 0 unspecified atom stereocenters. The Balaban J connectivity index is 2.32. The van der Waals surface area contributed by atoms with E-state index in [0.29, 0.717) is 18.1 Å². The Morgan fingerprint density at radius 2 is 2.12 bits per heavy atom. The van der Waals surface area contributed by atoms with Gasteiger partial charge in [0.1, 0.15) is 11.5 Å². The van der Waals surface area contributed by atoms with E-state index in [-0.39, 0.29) is 5.78 Å². The Morgan fingerprint density at radius 3 is 2.81 bits per heavy atom. The van der Waals surface area contributed by atoms with Crippen LogP contribution >= 0.6 is 0 Å². The fraction of sp³-hybridized carbons (Fsp3) is 0.231. The minimum atomic E-state index is 0.0764. The fourth-order valence-corrected chi connectivity index (χ4v) is 1.57. The molecule has 82 valence electrons. The molecule has 0 fully saturated rings. The van der Waals surface area contributed by atoms with E-state index in [9.17, 15) is 4.79 Å². The Hall–Kier alpha value is -1.90. The number of nitrogens with zero attached hydrogens (tertiary/aromatic N) is 1. The number of rotatable bonds is 3. The third-order valence-electron chi connectivity index (χ3n) is 2.35. The summed E-state index contributed by atoms with van der Waals surface area (Å²) in [5.41, 5.74) is 2.08. The number of aryl methyl sites for hydroxylation is 1. The van der Waals surface area contributed by atoms with Gasteiger partial charge >= 0.3 is 0 Å². The summed E-state index contributed by atoms with van der Waals surface area (Å²) in [5, 5.41) is 0. The molecule has 0 amide bonds. The predicted octanol–water partition coefficient (Wildman–Crippen LogP) is 2.78. The smallest absolute Gasteiger partial charge is 0.226 e. The van der Waals surface area contributed by atoms with E-state index in [4.69, 9.17) is 4.42 Å². The van der Waals surface area contributed by atoms with Crippen LogP contribution in [0.15, 0.2) is 34.9 Å². The van der Waals surface area contributed by atoms with Gasteiger partial charge in [-0.1, -0.05) is 18.2 Å². The van der Waals surface area contributed by atoms with Gasteiger partial charge in [0, 0.05) is 5.56 Å². The lowest BCUT2D eigenvalue weighted by molar-refractivity contribution is -0.116. The summed E-state index contributed by atoms with van der Waals surface area (Å²) in [6.07, 6.45) is 1.92. The molecule has 0 spiro atoms. The molecule has 0 bridgehead atoms. The zero-order valence-electron chi connectivity index (χ0n) is 9.36. The van der Waals surface area contributed by atoms with Gasteiger partial charge in [0.25, 0.3) is 0 Å². The van der Waals surface area contributed by atoms with E-state index in [1.165, 1.54) is 6.92 Å². The van der Waals surface area contributed by atoms with Gasteiger partial charge in [-0.25, -0.2) is 4.98 Å². The van der Waals surface area contributed by atoms with Gasteiger partial charge in [-0.05, 0) is 25.5 Å². The van der Waals surface area contributed by atoms with Crippen molar-refractivity contribution in [3.8, 4) is 11.5 Å². The maximum Gasteiger partial charge on any atom is 0.226 e. The molecule has 3 nitrogen and oxygen atoms in total. The first-order chi connectivity index (χ1) is 7.66. The minimum Gasteiger partial charge on any atom is -0.441 e. The largest absolute Gasteiger partial charge is 0.441 e. The van der Waals surface area contributed by atoms with Gasteiger partial charge in [-0.2, -0.15) is 0 Å². The van der Waals surface area contributed by atoms with Gasteiger partial charge in [-0.3, -0.25) is 4.79 Å². The molecule has 0 aliphatic heterocycles. The van der Waals surface area contributed by atoms with Crippen molar-refractivity contribution in [2.45, 2.75) is 20.3 Å². The van der Waals surface area contributed by atoms with E-state index in [0.717, 1.165) is 11.1 Å². The van der Waals surface area contributed by atoms with Gasteiger partial charge in [0.15, 0.2) is 0 Å². The molecule has 0 radical (unpaired) electrons. The van der Waals surface area contributed by atoms with Crippen molar-refractivity contribution in [1.29, 1.82) is 0 Å². The van der Waals surface area contributed by atoms with Crippen molar-refractivity contribution in [1.82, 2.24) is 4.98 Å². The molecule has 0 aliphatic carbocycles. The van der Waals surface area contributed by atoms with Gasteiger partial charge in [-0.15, -0.1) is 0 Å². The van der Waals surface area contributed by atoms with Gasteiger partial charge < -0.3 is 4.42 Å². The molecular weight excluding hydrogens is 202 g/mol. The summed E-state index contributed by atoms with van der Waals surface area (Å²) in [4.78, 5) is 15.1. The van der Waals surface area contributed by atoms with Crippen LogP contribution in [-0.2, 0) is 11.2 Å². The number of aromatic nitrogens is 1. The van der Waals surface area contributed by atoms with E-state index in [2.05, 4.69) is 4.98 Å². The molecule has 0 saturated heterocycles. The molecule has 2 aromatic rings. The van der Waals surface area contributed by atoms with Crippen molar-refractivity contribution in [3.63, 3.8) is 0 Å². The number of carbonyl (C=O) groups is 1. The third-order valence-corrected chi connectivity index (χ3v) is 2.35. The van der Waals surface area contributed by atoms with Crippen molar-refractivity contribution in [2.24, 2.45) is 0 Å². The zero-order chi connectivity index (χ0) is 11.5. The number of benzene rings is 1. The number of Topliss-reactive ketones (excluding diaryl/α,β-unsaturated/α-hetero) is 1. The van der Waals surface area contributed by atoms with Gasteiger partial charge in [0.05, 0.1) is 12.6 Å². The van der Waals surface area contributed by atoms with Crippen molar-refractivity contribution in [3.05, 3.63) is 41.8 Å². The third kappa shape index (κ3) is 2.19. The Morgan fingerprint density at radius 1 is 1.38 bits per heavy atom. The number of oxazole rings is 1. The van der Waals surface area contributed by atoms with Crippen LogP contribution < -0.4 is 0 Å². The Bertz CT molecular complexity index is 514. The van der Waals surface area contributed by atoms with E-state index < -0.39 is 0 Å². The average molecular weight is 215 g/mol. The van der Waals surface area contributed by atoms with Crippen LogP contribution in [0.25, 0.3) is 11.5 Å². The predicted molar refractivity (Wildman–Crippen MR) is 61.1 cm³/mol. The van der Waals surface area contributed by atoms with Crippen LogP contribution in [0.1, 0.15) is 18.2 Å². The van der Waals surface area contributed by atoms with Gasteiger partial charge in [0.2, 0.25) is 5.89 Å². The molecule has 0 N–H and O–H groups in total. The van der Waals surface area contributed by atoms with Crippen molar-refractivity contribution in [2.75, 3.05) is 0 Å². The van der Waals surface area contributed by atoms with Crippen LogP contribution in [0.4, 0.5) is 0 Å². The molecular formula is C13H13NO2. The zero-order valence-corrected chi connectivity index (χ0v) is 9.36. The SMILES string of the molecule is CC(=O)Cc1cnc(-c2ccccc2C)o1. The summed E-state index contributed by atoms with van der Waals surface area (Å²) in [5.74, 6) is 1.27. The highest BCUT2D eigenvalue weighted by Crippen LogP contribution is 2.22. The van der Waals surface area contributed by atoms with Crippen LogP contribution in [0, 0.1) is 6.92 Å². The highest BCUT2D eigenvalue weighted by atomic mass is 16.4. The van der Waals surface area contributed by atoms with Crippen molar-refractivity contribution >= 4 is 5.78 Å². The normalized spacial score (nSPS) is 10.4. The lowest BCUT2D eigenvalue weighted by Gasteiger charge is -1.99. The van der Waals surface area contributed by atoms with Crippen molar-refractivity contribution < 1.29 is 9.21 Å². The number of carbonyl (C=O) groups excluding carboxylic acids is 1. The maximum absolute atomic E-state index is 10.9. The van der Waals surface area contributed by atoms with E-state index >= 15 is 0 Å². The van der Waals surface area contributed by atoms with E-state index in [1.54, 1.807) is 6.20 Å². The lowest BCUT2D eigenvalue weighted by Crippen LogP contribution is -1.93. The standard InChI is InChI=1S/C13H13NO2/c1-9-5-3-4-6-12(9)13-14-8-11(16-13)7-10(2)15/h3-6,8H,7H2,1-2H3. The Kier molecular flexibility index (Phi) is 2.86. The average Bonchev–Trinajstić information content (AvgIpc) is 2.66. The maximum atomic E-state index is 10.9. The summed E-state index contributed by atoms with van der Waals surface area (Å²) < 4.78 is 5.53. The quantitative estimate of drug-likeness (QED) is 0.790. The number of hydrogen-bond acceptors (Lipinski definition) is 3. The molecule has 0 saturated carbocycles. The highest BCUT2D eigenvalue weighted by Gasteiger charge is 2.09. The van der Waals surface area contributed by atoms with Crippen LogP contribution in [0.2, 0.25) is 0 Å². The second kappa shape index (κ2) is 4.31. The first-order valence-corrected chi connectivity index (χ1v) is 5.17. The second-order valence-corrected chi connectivity index (χ2v) is 3.83. The molecule has 0 atom stereocenters. The van der Waals surface area contributed by atoms with Crippen LogP contribution in [-0.4, -0.2) is 10.8 Å². The first-order valence-electron chi connectivity index (χ1n) is 5.17. The summed E-state index contributed by atoms with van der Waals surface area (Å²) in [6, 6.07) is 7.87. The highest BCUT2D eigenvalue weighted by molar-refractivity contribution is 5.77. The topological polar surface area (TPSA) is 43.1 Å². The second-order valence-electron chi connectivity index (χ2n) is 3.83. The molecule has 16 heavy (non-hydrogen) atoms. The Labute approximate surface area is 94.1 Å². The monoisotopic (exact) mass is 215 g/mol. The van der Waals surface area contributed by atoms with Crippen LogP contribution in [0.3, 0.4) is 0 Å². The minimum absolute atomic E-state index is 0.0764. The van der Waals surface area contributed by atoms with Crippen LogP contribution in [0.5, 0.6) is 0 Å².